The van der Waals surface area contributed by atoms with Crippen LogP contribution < -0.4 is 5.73 Å². The first-order valence-electron chi connectivity index (χ1n) is 6.82. The number of hydrogen-bond donors (Lipinski definition) is 2. The molecule has 1 fully saturated rings. The molecule has 20 heavy (non-hydrogen) atoms. The molecule has 0 spiro atoms. The molecule has 3 atom stereocenters. The molecule has 4 nitrogen and oxygen atoms in total. The fraction of sp³-hybridized carbons (Fsp3) is 0.467. The zero-order valence-corrected chi connectivity index (χ0v) is 12.3. The summed E-state index contributed by atoms with van der Waals surface area (Å²) in [5, 5.41) is 9.75. The molecule has 3 unspecified atom stereocenters. The van der Waals surface area contributed by atoms with Crippen LogP contribution in [0.1, 0.15) is 24.8 Å². The molecule has 0 radical (unpaired) electrons. The average Bonchev–Trinajstić information content (AvgIpc) is 2.42. The van der Waals surface area contributed by atoms with Gasteiger partial charge in [-0.1, -0.05) is 49.5 Å². The van der Waals surface area contributed by atoms with Crippen molar-refractivity contribution in [1.82, 2.24) is 4.90 Å². The maximum atomic E-state index is 12.7. The highest BCUT2D eigenvalue weighted by Gasteiger charge is 2.33. The van der Waals surface area contributed by atoms with Gasteiger partial charge in [0.2, 0.25) is 5.91 Å². The molecule has 1 amide bonds. The molecule has 1 heterocycles. The predicted octanol–water partition coefficient (Wildman–Crippen LogP) is 1.29. The SMILES string of the molecule is CC1CN(C(=O)C(C(N)=S)c2ccccc2)CCC1O. The van der Waals surface area contributed by atoms with E-state index in [9.17, 15) is 9.90 Å². The molecule has 2 rings (SSSR count). The second kappa shape index (κ2) is 6.33. The van der Waals surface area contributed by atoms with Crippen molar-refractivity contribution in [2.45, 2.75) is 25.4 Å². The lowest BCUT2D eigenvalue weighted by Gasteiger charge is -2.36. The summed E-state index contributed by atoms with van der Waals surface area (Å²) in [6, 6.07) is 9.37. The number of benzene rings is 1. The highest BCUT2D eigenvalue weighted by Crippen LogP contribution is 2.23. The summed E-state index contributed by atoms with van der Waals surface area (Å²) in [6.45, 7) is 3.05. The number of carbonyl (C=O) groups is 1. The number of piperidine rings is 1. The van der Waals surface area contributed by atoms with Gasteiger partial charge in [-0.3, -0.25) is 4.79 Å². The zero-order valence-electron chi connectivity index (χ0n) is 11.5. The van der Waals surface area contributed by atoms with Crippen molar-refractivity contribution in [1.29, 1.82) is 0 Å². The van der Waals surface area contributed by atoms with Crippen molar-refractivity contribution >= 4 is 23.1 Å². The second-order valence-electron chi connectivity index (χ2n) is 5.36. The van der Waals surface area contributed by atoms with Gasteiger partial charge in [-0.15, -0.1) is 0 Å². The number of carbonyl (C=O) groups excluding carboxylic acids is 1. The Bertz CT molecular complexity index is 492. The van der Waals surface area contributed by atoms with Gasteiger partial charge < -0.3 is 15.7 Å². The minimum absolute atomic E-state index is 0.0672. The third-order valence-corrected chi connectivity index (χ3v) is 4.07. The maximum Gasteiger partial charge on any atom is 0.237 e. The van der Waals surface area contributed by atoms with E-state index in [4.69, 9.17) is 18.0 Å². The van der Waals surface area contributed by atoms with Crippen LogP contribution in [0.3, 0.4) is 0 Å². The van der Waals surface area contributed by atoms with Crippen molar-refractivity contribution < 1.29 is 9.90 Å². The summed E-state index contributed by atoms with van der Waals surface area (Å²) in [5.41, 5.74) is 6.60. The number of likely N-dealkylation sites (tertiary alicyclic amines) is 1. The first-order valence-corrected chi connectivity index (χ1v) is 7.22. The van der Waals surface area contributed by atoms with E-state index in [1.54, 1.807) is 4.90 Å². The van der Waals surface area contributed by atoms with Crippen LogP contribution in [-0.2, 0) is 4.79 Å². The molecule has 0 aliphatic carbocycles. The largest absolute Gasteiger partial charge is 0.393 e. The van der Waals surface area contributed by atoms with Crippen LogP contribution in [0.5, 0.6) is 0 Å². The number of thiocarbonyl (C=S) groups is 1. The summed E-state index contributed by atoms with van der Waals surface area (Å²) < 4.78 is 0. The zero-order chi connectivity index (χ0) is 14.7. The van der Waals surface area contributed by atoms with Gasteiger partial charge >= 0.3 is 0 Å². The van der Waals surface area contributed by atoms with Crippen LogP contribution in [0.2, 0.25) is 0 Å². The lowest BCUT2D eigenvalue weighted by Crippen LogP contribution is -2.48. The number of aliphatic hydroxyl groups is 1. The van der Waals surface area contributed by atoms with E-state index in [0.717, 1.165) is 5.56 Å². The van der Waals surface area contributed by atoms with Gasteiger partial charge in [0.05, 0.1) is 11.1 Å². The minimum Gasteiger partial charge on any atom is -0.393 e. The summed E-state index contributed by atoms with van der Waals surface area (Å²) in [5.74, 6) is -0.563. The van der Waals surface area contributed by atoms with Crippen LogP contribution in [0.4, 0.5) is 0 Å². The monoisotopic (exact) mass is 292 g/mol. The number of amides is 1. The molecular formula is C15H20N2O2S. The molecule has 5 heteroatoms. The minimum atomic E-state index is -0.575. The van der Waals surface area contributed by atoms with Crippen molar-refractivity contribution in [3.05, 3.63) is 35.9 Å². The van der Waals surface area contributed by atoms with Gasteiger partial charge in [0.1, 0.15) is 5.92 Å². The van der Waals surface area contributed by atoms with Crippen LogP contribution in [0.25, 0.3) is 0 Å². The Hall–Kier alpha value is -1.46. The summed E-state index contributed by atoms with van der Waals surface area (Å²) in [7, 11) is 0. The molecule has 3 N–H and O–H groups in total. The summed E-state index contributed by atoms with van der Waals surface area (Å²) >= 11 is 5.08. The first-order chi connectivity index (χ1) is 9.50. The van der Waals surface area contributed by atoms with E-state index < -0.39 is 5.92 Å². The van der Waals surface area contributed by atoms with Crippen LogP contribution in [0, 0.1) is 5.92 Å². The topological polar surface area (TPSA) is 66.6 Å². The van der Waals surface area contributed by atoms with E-state index >= 15 is 0 Å². The molecule has 1 saturated heterocycles. The van der Waals surface area contributed by atoms with Gasteiger partial charge in [-0.25, -0.2) is 0 Å². The Labute approximate surface area is 124 Å². The Morgan fingerprint density at radius 3 is 2.65 bits per heavy atom. The van der Waals surface area contributed by atoms with E-state index in [-0.39, 0.29) is 22.9 Å². The molecule has 108 valence electrons. The smallest absolute Gasteiger partial charge is 0.237 e. The Kier molecular flexibility index (Phi) is 4.73. The fourth-order valence-electron chi connectivity index (χ4n) is 2.59. The van der Waals surface area contributed by atoms with Gasteiger partial charge in [0.25, 0.3) is 0 Å². The number of nitrogens with two attached hydrogens (primary N) is 1. The van der Waals surface area contributed by atoms with Gasteiger partial charge in [0, 0.05) is 13.1 Å². The predicted molar refractivity (Wildman–Crippen MR) is 82.3 cm³/mol. The van der Waals surface area contributed by atoms with E-state index in [1.165, 1.54) is 0 Å². The molecule has 1 aliphatic heterocycles. The van der Waals surface area contributed by atoms with E-state index in [2.05, 4.69) is 0 Å². The number of hydrogen-bond acceptors (Lipinski definition) is 3. The third-order valence-electron chi connectivity index (χ3n) is 3.84. The highest BCUT2D eigenvalue weighted by molar-refractivity contribution is 7.80. The number of aliphatic hydroxyl groups excluding tert-OH is 1. The van der Waals surface area contributed by atoms with Crippen molar-refractivity contribution in [3.63, 3.8) is 0 Å². The lowest BCUT2D eigenvalue weighted by atomic mass is 9.93. The average molecular weight is 292 g/mol. The highest BCUT2D eigenvalue weighted by atomic mass is 32.1. The van der Waals surface area contributed by atoms with Crippen molar-refractivity contribution in [3.8, 4) is 0 Å². The van der Waals surface area contributed by atoms with Crippen molar-refractivity contribution in [2.75, 3.05) is 13.1 Å². The molecule has 1 aromatic rings. The van der Waals surface area contributed by atoms with Crippen LogP contribution in [-0.4, -0.2) is 40.1 Å². The lowest BCUT2D eigenvalue weighted by molar-refractivity contribution is -0.134. The van der Waals surface area contributed by atoms with E-state index in [0.29, 0.717) is 19.5 Å². The number of nitrogens with zero attached hydrogens (tertiary/aromatic N) is 1. The molecule has 0 saturated carbocycles. The molecule has 0 aromatic heterocycles. The molecular weight excluding hydrogens is 272 g/mol. The Balaban J connectivity index is 2.18. The van der Waals surface area contributed by atoms with Crippen LogP contribution in [0.15, 0.2) is 30.3 Å². The Morgan fingerprint density at radius 2 is 2.10 bits per heavy atom. The summed E-state index contributed by atoms with van der Waals surface area (Å²) in [4.78, 5) is 14.6. The standard InChI is InChI=1S/C15H20N2O2S/c1-10-9-17(8-7-12(10)18)15(19)13(14(16)20)11-5-3-2-4-6-11/h2-6,10,12-13,18H,7-9H2,1H3,(H2,16,20). The maximum absolute atomic E-state index is 12.7. The number of rotatable bonds is 3. The quantitative estimate of drug-likeness (QED) is 0.824. The van der Waals surface area contributed by atoms with Crippen LogP contribution >= 0.6 is 12.2 Å². The molecule has 0 bridgehead atoms. The summed E-state index contributed by atoms with van der Waals surface area (Å²) in [6.07, 6.45) is 0.269. The van der Waals surface area contributed by atoms with Crippen molar-refractivity contribution in [2.24, 2.45) is 11.7 Å². The normalized spacial score (nSPS) is 24.2. The fourth-order valence-corrected chi connectivity index (χ4v) is 2.83. The first kappa shape index (κ1) is 14.9. The molecule has 1 aromatic carbocycles. The molecule has 1 aliphatic rings. The van der Waals surface area contributed by atoms with Gasteiger partial charge in [-0.05, 0) is 17.9 Å². The third kappa shape index (κ3) is 3.16. The van der Waals surface area contributed by atoms with Gasteiger partial charge in [-0.2, -0.15) is 0 Å². The Morgan fingerprint density at radius 1 is 1.45 bits per heavy atom. The van der Waals surface area contributed by atoms with E-state index in [1.807, 2.05) is 37.3 Å². The second-order valence-corrected chi connectivity index (χ2v) is 5.84. The van der Waals surface area contributed by atoms with Gasteiger partial charge in [0.15, 0.2) is 0 Å².